The molecule has 0 radical (unpaired) electrons. The zero-order valence-corrected chi connectivity index (χ0v) is 26.3. The summed E-state index contributed by atoms with van der Waals surface area (Å²) in [4.78, 5) is 32.5. The van der Waals surface area contributed by atoms with Crippen molar-refractivity contribution < 1.29 is 27.5 Å². The summed E-state index contributed by atoms with van der Waals surface area (Å²) in [7, 11) is 0.484. The Morgan fingerprint density at radius 2 is 1.73 bits per heavy atom. The smallest absolute Gasteiger partial charge is 0.303 e. The van der Waals surface area contributed by atoms with Crippen molar-refractivity contribution in [2.45, 2.75) is 26.3 Å². The van der Waals surface area contributed by atoms with Crippen LogP contribution in [0.1, 0.15) is 43.4 Å². The molecule has 2 amide bonds. The van der Waals surface area contributed by atoms with E-state index in [0.717, 1.165) is 21.9 Å². The highest BCUT2D eigenvalue weighted by atomic mass is 32.2. The van der Waals surface area contributed by atoms with E-state index in [1.807, 2.05) is 43.5 Å². The Balaban J connectivity index is 1.80. The predicted octanol–water partition coefficient (Wildman–Crippen LogP) is 4.01. The summed E-state index contributed by atoms with van der Waals surface area (Å²) in [6.07, 6.45) is 3.35. The van der Waals surface area contributed by atoms with Crippen molar-refractivity contribution in [1.82, 2.24) is 18.9 Å². The summed E-state index contributed by atoms with van der Waals surface area (Å²) in [5, 5.41) is 1.99. The van der Waals surface area contributed by atoms with Gasteiger partial charge in [-0.05, 0) is 43.7 Å². The van der Waals surface area contributed by atoms with Crippen molar-refractivity contribution >= 4 is 45.1 Å². The van der Waals surface area contributed by atoms with E-state index in [0.29, 0.717) is 40.8 Å². The molecule has 0 saturated heterocycles. The lowest BCUT2D eigenvalue weighted by atomic mass is 10.1. The van der Waals surface area contributed by atoms with Crippen LogP contribution in [0.3, 0.4) is 0 Å². The van der Waals surface area contributed by atoms with Gasteiger partial charge in [-0.25, -0.2) is 9.71 Å². The lowest BCUT2D eigenvalue weighted by molar-refractivity contribution is 0.0740. The van der Waals surface area contributed by atoms with Crippen LogP contribution in [-0.4, -0.2) is 80.8 Å². The van der Waals surface area contributed by atoms with E-state index >= 15 is 0 Å². The first-order valence-electron chi connectivity index (χ1n) is 12.9. The molecular weight excluding hydrogens is 585 g/mol. The quantitative estimate of drug-likeness (QED) is 0.271. The Kier molecular flexibility index (Phi) is 12.0. The van der Waals surface area contributed by atoms with Gasteiger partial charge in [-0.15, -0.1) is 11.3 Å². The summed E-state index contributed by atoms with van der Waals surface area (Å²) in [5.74, 6) is 0.606. The molecule has 1 aromatic heterocycles. The minimum absolute atomic E-state index is 0.0257. The third-order valence-corrected chi connectivity index (χ3v) is 9.25. The number of hydrogen-bond donors (Lipinski definition) is 1. The van der Waals surface area contributed by atoms with Crippen molar-refractivity contribution in [1.29, 1.82) is 0 Å². The molecule has 13 heteroatoms. The van der Waals surface area contributed by atoms with E-state index in [1.54, 1.807) is 17.0 Å². The number of carbonyl (C=O) groups is 2. The topological polar surface area (TPSA) is 118 Å². The highest BCUT2D eigenvalue weighted by Gasteiger charge is 2.24. The van der Waals surface area contributed by atoms with Gasteiger partial charge in [0.25, 0.3) is 11.8 Å². The van der Waals surface area contributed by atoms with Gasteiger partial charge in [0, 0.05) is 42.4 Å². The number of methoxy groups -OCH3 is 2. The van der Waals surface area contributed by atoms with Gasteiger partial charge in [0.05, 0.1) is 20.8 Å². The number of rotatable bonds is 15. The molecule has 3 aromatic rings. The number of benzene rings is 2. The van der Waals surface area contributed by atoms with Crippen LogP contribution in [0.15, 0.2) is 47.8 Å². The average Bonchev–Trinajstić information content (AvgIpc) is 3.44. The van der Waals surface area contributed by atoms with Crippen LogP contribution in [0.5, 0.6) is 11.5 Å². The molecule has 0 fully saturated rings. The first kappa shape index (κ1) is 32.4. The molecule has 1 heterocycles. The summed E-state index contributed by atoms with van der Waals surface area (Å²) >= 11 is 2.69. The molecule has 0 bridgehead atoms. The van der Waals surface area contributed by atoms with E-state index in [2.05, 4.69) is 9.71 Å². The van der Waals surface area contributed by atoms with E-state index in [-0.39, 0.29) is 24.7 Å². The van der Waals surface area contributed by atoms with Gasteiger partial charge in [0.2, 0.25) is 0 Å². The van der Waals surface area contributed by atoms with Crippen molar-refractivity contribution in [2.75, 3.05) is 46.4 Å². The number of aromatic nitrogens is 1. The number of ether oxygens (including phenoxy) is 2. The second-order valence-electron chi connectivity index (χ2n) is 9.20. The summed E-state index contributed by atoms with van der Waals surface area (Å²) < 4.78 is 39.1. The number of thiazole rings is 1. The number of nitrogens with zero attached hydrogens (tertiary/aromatic N) is 3. The second-order valence-corrected chi connectivity index (χ2v) is 12.9. The standard InChI is InChI=1S/C28H36N4O6S3/c1-20-24(37-3)16-22(17-25(20)38-4)28(34)32(13-9-12-21-10-7-6-8-11-21)18-26-29-23(19-40-26)27(33)30-41(35,36)31(2)14-15-39-5/h6-8,10-11,16-17,19H,9,12-15,18H2,1-5H3,(H,30,33). The van der Waals surface area contributed by atoms with Gasteiger partial charge >= 0.3 is 10.2 Å². The summed E-state index contributed by atoms with van der Waals surface area (Å²) in [5.41, 5.74) is 2.32. The van der Waals surface area contributed by atoms with Gasteiger partial charge < -0.3 is 14.4 Å². The van der Waals surface area contributed by atoms with Crippen LogP contribution >= 0.6 is 23.1 Å². The van der Waals surface area contributed by atoms with Crippen LogP contribution in [0, 0.1) is 6.92 Å². The molecule has 1 N–H and O–H groups in total. The maximum atomic E-state index is 13.8. The highest BCUT2D eigenvalue weighted by Crippen LogP contribution is 2.30. The fourth-order valence-corrected chi connectivity index (χ4v) is 6.19. The molecule has 0 atom stereocenters. The maximum absolute atomic E-state index is 13.8. The van der Waals surface area contributed by atoms with Crippen molar-refractivity contribution in [2.24, 2.45) is 0 Å². The Bertz CT molecular complexity index is 1400. The Morgan fingerprint density at radius 3 is 2.34 bits per heavy atom. The Labute approximate surface area is 250 Å². The molecule has 0 saturated carbocycles. The van der Waals surface area contributed by atoms with Gasteiger partial charge in [-0.2, -0.15) is 24.5 Å². The number of amides is 2. The van der Waals surface area contributed by atoms with Crippen LogP contribution in [0.2, 0.25) is 0 Å². The molecule has 41 heavy (non-hydrogen) atoms. The monoisotopic (exact) mass is 620 g/mol. The van der Waals surface area contributed by atoms with Crippen LogP contribution in [-0.2, 0) is 23.2 Å². The molecule has 0 spiro atoms. The average molecular weight is 621 g/mol. The lowest BCUT2D eigenvalue weighted by Crippen LogP contribution is -2.42. The van der Waals surface area contributed by atoms with Crippen LogP contribution in [0.4, 0.5) is 0 Å². The maximum Gasteiger partial charge on any atom is 0.303 e. The summed E-state index contributed by atoms with van der Waals surface area (Å²) in [6.45, 7) is 2.69. The summed E-state index contributed by atoms with van der Waals surface area (Å²) in [6, 6.07) is 13.4. The molecule has 222 valence electrons. The largest absolute Gasteiger partial charge is 0.496 e. The van der Waals surface area contributed by atoms with Gasteiger partial charge in [-0.3, -0.25) is 9.59 Å². The molecule has 10 nitrogen and oxygen atoms in total. The first-order chi connectivity index (χ1) is 19.6. The van der Waals surface area contributed by atoms with Crippen molar-refractivity contribution in [3.8, 4) is 11.5 Å². The molecular formula is C28H36N4O6S3. The van der Waals surface area contributed by atoms with E-state index in [1.165, 1.54) is 49.7 Å². The van der Waals surface area contributed by atoms with E-state index < -0.39 is 16.1 Å². The number of aryl methyl sites for hydroxylation is 1. The number of nitrogens with one attached hydrogen (secondary N) is 1. The van der Waals surface area contributed by atoms with Gasteiger partial charge in [0.15, 0.2) is 0 Å². The minimum Gasteiger partial charge on any atom is -0.496 e. The Hall–Kier alpha value is -3.13. The fourth-order valence-electron chi connectivity index (χ4n) is 4.00. The molecule has 0 aliphatic carbocycles. The van der Waals surface area contributed by atoms with E-state index in [9.17, 15) is 18.0 Å². The van der Waals surface area contributed by atoms with Crippen LogP contribution in [0.25, 0.3) is 0 Å². The lowest BCUT2D eigenvalue weighted by Gasteiger charge is -2.23. The molecule has 0 unspecified atom stereocenters. The Morgan fingerprint density at radius 1 is 1.07 bits per heavy atom. The minimum atomic E-state index is -4.00. The third kappa shape index (κ3) is 8.93. The number of hydrogen-bond acceptors (Lipinski definition) is 9. The normalized spacial score (nSPS) is 11.4. The van der Waals surface area contributed by atoms with Gasteiger partial charge in [0.1, 0.15) is 22.2 Å². The number of carbonyl (C=O) groups excluding carboxylic acids is 2. The molecule has 3 rings (SSSR count). The van der Waals surface area contributed by atoms with Crippen molar-refractivity contribution in [3.05, 3.63) is 75.2 Å². The SMILES string of the molecule is COc1cc(C(=O)N(CCCc2ccccc2)Cc2nc(C(=O)NS(=O)(=O)N(C)CCSC)cs2)cc(OC)c1C. The molecule has 2 aromatic carbocycles. The number of thioether (sulfide) groups is 1. The second kappa shape index (κ2) is 15.2. The van der Waals surface area contributed by atoms with Crippen LogP contribution < -0.4 is 14.2 Å². The predicted molar refractivity (Wildman–Crippen MR) is 163 cm³/mol. The zero-order chi connectivity index (χ0) is 30.0. The first-order valence-corrected chi connectivity index (χ1v) is 16.6. The highest BCUT2D eigenvalue weighted by molar-refractivity contribution is 7.98. The van der Waals surface area contributed by atoms with Crippen molar-refractivity contribution in [3.63, 3.8) is 0 Å². The third-order valence-electron chi connectivity index (χ3n) is 6.38. The fraction of sp³-hybridized carbons (Fsp3) is 0.393. The molecule has 0 aliphatic rings. The van der Waals surface area contributed by atoms with Gasteiger partial charge in [-0.1, -0.05) is 30.3 Å². The van der Waals surface area contributed by atoms with E-state index in [4.69, 9.17) is 9.47 Å². The molecule has 0 aliphatic heterocycles. The zero-order valence-electron chi connectivity index (χ0n) is 23.9.